The molecule has 4 saturated carbocycles. The van der Waals surface area contributed by atoms with Gasteiger partial charge in [-0.25, -0.2) is 0 Å². The summed E-state index contributed by atoms with van der Waals surface area (Å²) in [5.41, 5.74) is 2.13. The van der Waals surface area contributed by atoms with Gasteiger partial charge in [0.15, 0.2) is 0 Å². The maximum atomic E-state index is 13.1. The first kappa shape index (κ1) is 28.1. The molecule has 1 aromatic carbocycles. The second-order valence-corrected chi connectivity index (χ2v) is 14.5. The van der Waals surface area contributed by atoms with Crippen molar-refractivity contribution in [2.24, 2.45) is 58.2 Å². The third kappa shape index (κ3) is 4.56. The zero-order chi connectivity index (χ0) is 27.2. The summed E-state index contributed by atoms with van der Waals surface area (Å²) >= 11 is 0. The fraction of sp³-hybridized carbons (Fsp3) is 0.794. The smallest absolute Gasteiger partial charge is 0.251 e. The Hall–Kier alpha value is -1.39. The van der Waals surface area contributed by atoms with E-state index in [1.807, 2.05) is 24.3 Å². The van der Waals surface area contributed by atoms with Gasteiger partial charge in [0.05, 0.1) is 6.61 Å². The molecule has 3 N–H and O–H groups in total. The molecule has 4 aliphatic carbocycles. The standard InChI is InChI=1S/C34H53NO3/c1-21(9-8-16-36)28-12-13-29-31-22(2)17-25-19-26(35-32(38)27-11-7-6-10-24(27)20-37)14-15-33(25,4)30(31)18-23(3)34(28,29)5/h6-7,10-11,21-23,25-26,28-31,36-37H,8-9,12-20H2,1-5H3,(H,35,38). The quantitative estimate of drug-likeness (QED) is 0.367. The van der Waals surface area contributed by atoms with Crippen molar-refractivity contribution < 1.29 is 15.0 Å². The number of aliphatic hydroxyl groups excluding tert-OH is 2. The highest BCUT2D eigenvalue weighted by Crippen LogP contribution is 2.70. The van der Waals surface area contributed by atoms with Gasteiger partial charge in [0.25, 0.3) is 5.91 Å². The highest BCUT2D eigenvalue weighted by molar-refractivity contribution is 5.95. The number of hydrogen-bond acceptors (Lipinski definition) is 3. The van der Waals surface area contributed by atoms with Crippen molar-refractivity contribution in [3.05, 3.63) is 35.4 Å². The van der Waals surface area contributed by atoms with E-state index in [1.165, 1.54) is 32.1 Å². The highest BCUT2D eigenvalue weighted by atomic mass is 16.3. The van der Waals surface area contributed by atoms with Crippen molar-refractivity contribution >= 4 is 5.91 Å². The fourth-order valence-corrected chi connectivity index (χ4v) is 10.8. The lowest BCUT2D eigenvalue weighted by Gasteiger charge is -2.65. The second kappa shape index (κ2) is 10.9. The maximum Gasteiger partial charge on any atom is 0.251 e. The second-order valence-electron chi connectivity index (χ2n) is 14.5. The number of carbonyl (C=O) groups is 1. The predicted molar refractivity (Wildman–Crippen MR) is 153 cm³/mol. The maximum absolute atomic E-state index is 13.1. The third-order valence-electron chi connectivity index (χ3n) is 13.0. The third-order valence-corrected chi connectivity index (χ3v) is 13.0. The van der Waals surface area contributed by atoms with Crippen molar-refractivity contribution in [3.63, 3.8) is 0 Å². The van der Waals surface area contributed by atoms with E-state index >= 15 is 0 Å². The Balaban J connectivity index is 1.32. The molecule has 4 aliphatic rings. The van der Waals surface area contributed by atoms with E-state index in [-0.39, 0.29) is 18.6 Å². The molecular formula is C34H53NO3. The minimum Gasteiger partial charge on any atom is -0.396 e. The lowest BCUT2D eigenvalue weighted by molar-refractivity contribution is -0.160. The largest absolute Gasteiger partial charge is 0.396 e. The molecule has 0 saturated heterocycles. The van der Waals surface area contributed by atoms with Crippen molar-refractivity contribution in [1.82, 2.24) is 5.32 Å². The molecule has 4 nitrogen and oxygen atoms in total. The van der Waals surface area contributed by atoms with Crippen LogP contribution in [-0.2, 0) is 6.61 Å². The molecular weight excluding hydrogens is 470 g/mol. The molecule has 4 heteroatoms. The number of carbonyl (C=O) groups excluding carboxylic acids is 1. The first-order valence-electron chi connectivity index (χ1n) is 15.8. The number of rotatable bonds is 7. The van der Waals surface area contributed by atoms with Gasteiger partial charge in [0, 0.05) is 18.2 Å². The Morgan fingerprint density at radius 1 is 1.05 bits per heavy atom. The number of aliphatic hydroxyl groups is 2. The number of nitrogens with one attached hydrogen (secondary N) is 1. The number of benzene rings is 1. The summed E-state index contributed by atoms with van der Waals surface area (Å²) in [7, 11) is 0. The van der Waals surface area contributed by atoms with Gasteiger partial charge >= 0.3 is 0 Å². The van der Waals surface area contributed by atoms with Gasteiger partial charge in [0.1, 0.15) is 0 Å². The van der Waals surface area contributed by atoms with Gasteiger partial charge in [-0.1, -0.05) is 52.8 Å². The molecule has 11 atom stereocenters. The number of amides is 1. The summed E-state index contributed by atoms with van der Waals surface area (Å²) in [4.78, 5) is 13.1. The lowest BCUT2D eigenvalue weighted by Crippen LogP contribution is -2.59. The summed E-state index contributed by atoms with van der Waals surface area (Å²) in [6.45, 7) is 13.1. The van der Waals surface area contributed by atoms with Crippen LogP contribution < -0.4 is 5.32 Å². The van der Waals surface area contributed by atoms with Crippen molar-refractivity contribution in [2.75, 3.05) is 6.61 Å². The Bertz CT molecular complexity index is 994. The van der Waals surface area contributed by atoms with E-state index < -0.39 is 0 Å². The van der Waals surface area contributed by atoms with Crippen LogP contribution in [0.15, 0.2) is 24.3 Å². The molecule has 38 heavy (non-hydrogen) atoms. The Kier molecular flexibility index (Phi) is 8.06. The molecule has 0 radical (unpaired) electrons. The summed E-state index contributed by atoms with van der Waals surface area (Å²) in [5.74, 6) is 6.07. The molecule has 0 bridgehead atoms. The van der Waals surface area contributed by atoms with Crippen molar-refractivity contribution in [1.29, 1.82) is 0 Å². The van der Waals surface area contributed by atoms with Gasteiger partial charge in [-0.15, -0.1) is 0 Å². The first-order valence-corrected chi connectivity index (χ1v) is 15.8. The molecule has 1 amide bonds. The number of hydrogen-bond donors (Lipinski definition) is 3. The molecule has 0 spiro atoms. The highest BCUT2D eigenvalue weighted by Gasteiger charge is 2.64. The monoisotopic (exact) mass is 523 g/mol. The fourth-order valence-electron chi connectivity index (χ4n) is 10.8. The van der Waals surface area contributed by atoms with E-state index in [4.69, 9.17) is 0 Å². The normalized spacial score (nSPS) is 43.0. The Labute approximate surface area is 231 Å². The molecule has 212 valence electrons. The summed E-state index contributed by atoms with van der Waals surface area (Å²) < 4.78 is 0. The summed E-state index contributed by atoms with van der Waals surface area (Å²) in [5, 5.41) is 22.5. The minimum atomic E-state index is -0.102. The van der Waals surface area contributed by atoms with Crippen LogP contribution in [0.1, 0.15) is 108 Å². The van der Waals surface area contributed by atoms with Crippen molar-refractivity contribution in [2.45, 2.75) is 105 Å². The zero-order valence-corrected chi connectivity index (χ0v) is 24.6. The van der Waals surface area contributed by atoms with Gasteiger partial charge in [-0.3, -0.25) is 4.79 Å². The average molecular weight is 524 g/mol. The van der Waals surface area contributed by atoms with Crippen LogP contribution in [0, 0.1) is 58.2 Å². The SMILES string of the molecule is CC1CC2CC(NC(=O)c3ccccc3CO)CCC2(C)C2CC(C)C3(C)C(C(C)CCCO)CCC3C12. The van der Waals surface area contributed by atoms with Crippen LogP contribution in [0.5, 0.6) is 0 Å². The molecule has 5 rings (SSSR count). The minimum absolute atomic E-state index is 0.0284. The molecule has 0 aromatic heterocycles. The number of fused-ring (bicyclic) bond motifs is 5. The molecule has 4 fully saturated rings. The van der Waals surface area contributed by atoms with E-state index in [1.54, 1.807) is 0 Å². The zero-order valence-electron chi connectivity index (χ0n) is 24.6. The van der Waals surface area contributed by atoms with E-state index in [9.17, 15) is 15.0 Å². The summed E-state index contributed by atoms with van der Waals surface area (Å²) in [6, 6.07) is 7.67. The molecule has 11 unspecified atom stereocenters. The Morgan fingerprint density at radius 3 is 2.55 bits per heavy atom. The first-order chi connectivity index (χ1) is 18.1. The van der Waals surface area contributed by atoms with Gasteiger partial charge in [-0.2, -0.15) is 0 Å². The Morgan fingerprint density at radius 2 is 1.82 bits per heavy atom. The van der Waals surface area contributed by atoms with E-state index in [0.717, 1.165) is 61.2 Å². The van der Waals surface area contributed by atoms with Crippen LogP contribution in [-0.4, -0.2) is 28.8 Å². The lowest BCUT2D eigenvalue weighted by atomic mass is 9.40. The van der Waals surface area contributed by atoms with Gasteiger partial charge in [-0.05, 0) is 128 Å². The van der Waals surface area contributed by atoms with Gasteiger partial charge in [0.2, 0.25) is 0 Å². The van der Waals surface area contributed by atoms with Crippen molar-refractivity contribution in [3.8, 4) is 0 Å². The van der Waals surface area contributed by atoms with Crippen LogP contribution in [0.2, 0.25) is 0 Å². The van der Waals surface area contributed by atoms with Crippen LogP contribution >= 0.6 is 0 Å². The summed E-state index contributed by atoms with van der Waals surface area (Å²) in [6.07, 6.45) is 10.9. The van der Waals surface area contributed by atoms with Crippen LogP contribution in [0.3, 0.4) is 0 Å². The topological polar surface area (TPSA) is 69.6 Å². The van der Waals surface area contributed by atoms with E-state index in [0.29, 0.717) is 40.4 Å². The average Bonchev–Trinajstić information content (AvgIpc) is 3.27. The van der Waals surface area contributed by atoms with Crippen LogP contribution in [0.4, 0.5) is 0 Å². The van der Waals surface area contributed by atoms with E-state index in [2.05, 4.69) is 39.9 Å². The molecule has 1 aromatic rings. The molecule has 0 aliphatic heterocycles. The van der Waals surface area contributed by atoms with Crippen LogP contribution in [0.25, 0.3) is 0 Å². The van der Waals surface area contributed by atoms with Gasteiger partial charge < -0.3 is 15.5 Å². The predicted octanol–water partition coefficient (Wildman–Crippen LogP) is 6.84. The molecule has 0 heterocycles.